The molecule has 0 bridgehead atoms. The van der Waals surface area contributed by atoms with Crippen LogP contribution in [-0.4, -0.2) is 96.7 Å². The van der Waals surface area contributed by atoms with Gasteiger partial charge in [0.15, 0.2) is 12.2 Å². The van der Waals surface area contributed by atoms with Crippen molar-refractivity contribution in [1.82, 2.24) is 0 Å². The molecule has 0 rings (SSSR count). The minimum Gasteiger partial charge on any atom is -0.462 e. The SMILES string of the molecule is CCCCC/C=C\C/C=C\C/C=C\C/C=C\C/C=C\CCC(=O)OC[C@H](COP(=O)(O)OC[C@@H](O)COP(=O)(O)OC[C@@H](COC(=O)CCC/C=C\C/C=C\C/C=C\C/C=C\CCCCC)OC(=O)CCCCCCC/C=C\CCCCCC)OC(=O)CCCCCCC/C=C\CCCCCC. The number of ether oxygens (including phenoxy) is 4. The summed E-state index contributed by atoms with van der Waals surface area (Å²) in [6, 6.07) is 0. The largest absolute Gasteiger partial charge is 0.472 e. The molecule has 584 valence electrons. The minimum atomic E-state index is -5.00. The second kappa shape index (κ2) is 74.5. The molecular formula is C83H140O17P2. The van der Waals surface area contributed by atoms with E-state index in [1.165, 1.54) is 89.9 Å². The normalized spacial score (nSPS) is 14.6. The fourth-order valence-electron chi connectivity index (χ4n) is 10.0. The zero-order valence-corrected chi connectivity index (χ0v) is 65.5. The molecule has 0 aliphatic carbocycles. The summed E-state index contributed by atoms with van der Waals surface area (Å²) in [6.45, 7) is 4.62. The van der Waals surface area contributed by atoms with Crippen molar-refractivity contribution in [2.24, 2.45) is 0 Å². The summed E-state index contributed by atoms with van der Waals surface area (Å²) >= 11 is 0. The Kier molecular flexibility index (Phi) is 71.0. The van der Waals surface area contributed by atoms with Gasteiger partial charge in [-0.15, -0.1) is 0 Å². The Labute approximate surface area is 618 Å². The molecule has 0 aliphatic rings. The molecular weight excluding hydrogens is 1330 g/mol. The Hall–Kier alpha value is -4.80. The second-order valence-corrected chi connectivity index (χ2v) is 28.8. The Balaban J connectivity index is 5.45. The van der Waals surface area contributed by atoms with Gasteiger partial charge in [-0.2, -0.15) is 0 Å². The van der Waals surface area contributed by atoms with Crippen LogP contribution >= 0.6 is 15.6 Å². The first-order valence-electron chi connectivity index (χ1n) is 39.4. The van der Waals surface area contributed by atoms with Crippen molar-refractivity contribution in [3.63, 3.8) is 0 Å². The predicted octanol–water partition coefficient (Wildman–Crippen LogP) is 22.9. The molecule has 0 fully saturated rings. The third-order valence-corrected chi connectivity index (χ3v) is 18.0. The monoisotopic (exact) mass is 1470 g/mol. The lowest BCUT2D eigenvalue weighted by Gasteiger charge is -2.21. The van der Waals surface area contributed by atoms with Gasteiger partial charge in [-0.05, 0) is 154 Å². The maximum absolute atomic E-state index is 13.1. The highest BCUT2D eigenvalue weighted by atomic mass is 31.2. The number of unbranched alkanes of at least 4 members (excludes halogenated alkanes) is 25. The number of allylic oxidation sites excluding steroid dienone is 22. The molecule has 0 heterocycles. The second-order valence-electron chi connectivity index (χ2n) is 25.9. The number of hydrogen-bond acceptors (Lipinski definition) is 15. The van der Waals surface area contributed by atoms with Crippen LogP contribution < -0.4 is 0 Å². The maximum atomic E-state index is 13.1. The van der Waals surface area contributed by atoms with Crippen LogP contribution in [0.15, 0.2) is 134 Å². The Morgan fingerprint density at radius 3 is 0.853 bits per heavy atom. The number of aliphatic hydroxyl groups excluding tert-OH is 1. The lowest BCUT2D eigenvalue weighted by molar-refractivity contribution is -0.161. The van der Waals surface area contributed by atoms with Gasteiger partial charge in [0.05, 0.1) is 26.4 Å². The van der Waals surface area contributed by atoms with Gasteiger partial charge in [-0.3, -0.25) is 37.3 Å². The lowest BCUT2D eigenvalue weighted by Crippen LogP contribution is -2.30. The van der Waals surface area contributed by atoms with Gasteiger partial charge < -0.3 is 33.8 Å². The van der Waals surface area contributed by atoms with Gasteiger partial charge in [-0.25, -0.2) is 9.13 Å². The van der Waals surface area contributed by atoms with Crippen LogP contribution in [0.2, 0.25) is 0 Å². The Bertz CT molecular complexity index is 2460. The van der Waals surface area contributed by atoms with Crippen molar-refractivity contribution in [3.8, 4) is 0 Å². The highest BCUT2D eigenvalue weighted by Crippen LogP contribution is 2.45. The Morgan fingerprint density at radius 1 is 0.275 bits per heavy atom. The van der Waals surface area contributed by atoms with Crippen molar-refractivity contribution in [2.75, 3.05) is 39.6 Å². The molecule has 2 unspecified atom stereocenters. The third kappa shape index (κ3) is 73.5. The number of phosphoric ester groups is 2. The summed E-state index contributed by atoms with van der Waals surface area (Å²) in [5, 5.41) is 10.6. The highest BCUT2D eigenvalue weighted by molar-refractivity contribution is 7.47. The van der Waals surface area contributed by atoms with Crippen molar-refractivity contribution >= 4 is 39.5 Å². The van der Waals surface area contributed by atoms with Crippen LogP contribution in [0.1, 0.15) is 310 Å². The summed E-state index contributed by atoms with van der Waals surface area (Å²) in [5.41, 5.74) is 0. The van der Waals surface area contributed by atoms with Crippen molar-refractivity contribution in [1.29, 1.82) is 0 Å². The number of hydrogen-bond donors (Lipinski definition) is 3. The molecule has 0 radical (unpaired) electrons. The van der Waals surface area contributed by atoms with Crippen LogP contribution in [0.4, 0.5) is 0 Å². The number of phosphoric acid groups is 2. The van der Waals surface area contributed by atoms with Crippen LogP contribution in [0, 0.1) is 0 Å². The van der Waals surface area contributed by atoms with Crippen molar-refractivity contribution in [3.05, 3.63) is 134 Å². The molecule has 0 aromatic carbocycles. The van der Waals surface area contributed by atoms with Gasteiger partial charge in [0, 0.05) is 25.7 Å². The van der Waals surface area contributed by atoms with E-state index in [9.17, 15) is 43.2 Å². The van der Waals surface area contributed by atoms with Crippen LogP contribution in [0.5, 0.6) is 0 Å². The van der Waals surface area contributed by atoms with Gasteiger partial charge in [0.1, 0.15) is 19.3 Å². The number of carbonyl (C=O) groups excluding carboxylic acids is 4. The third-order valence-electron chi connectivity index (χ3n) is 16.1. The minimum absolute atomic E-state index is 0.0329. The molecule has 17 nitrogen and oxygen atoms in total. The molecule has 0 saturated heterocycles. The topological polar surface area (TPSA) is 237 Å². The molecule has 0 aliphatic heterocycles. The van der Waals surface area contributed by atoms with Crippen molar-refractivity contribution < 1.29 is 80.2 Å². The van der Waals surface area contributed by atoms with E-state index in [0.717, 1.165) is 128 Å². The number of rotatable bonds is 73. The molecule has 0 aromatic heterocycles. The average Bonchev–Trinajstić information content (AvgIpc) is 0.909. The summed E-state index contributed by atoms with van der Waals surface area (Å²) < 4.78 is 68.4. The quantitative estimate of drug-likeness (QED) is 0.0169. The zero-order chi connectivity index (χ0) is 74.6. The molecule has 3 N–H and O–H groups in total. The summed E-state index contributed by atoms with van der Waals surface area (Å²) in [6.07, 6.45) is 83.2. The predicted molar refractivity (Wildman–Crippen MR) is 418 cm³/mol. The van der Waals surface area contributed by atoms with Gasteiger partial charge in [0.2, 0.25) is 0 Å². The molecule has 5 atom stereocenters. The summed E-state index contributed by atoms with van der Waals surface area (Å²) in [5.74, 6) is -2.36. The van der Waals surface area contributed by atoms with Gasteiger partial charge in [-0.1, -0.05) is 264 Å². The fourth-order valence-corrected chi connectivity index (χ4v) is 11.6. The number of aliphatic hydroxyl groups is 1. The summed E-state index contributed by atoms with van der Waals surface area (Å²) in [7, 11) is -10.00. The number of esters is 4. The molecule has 0 aromatic rings. The van der Waals surface area contributed by atoms with E-state index in [0.29, 0.717) is 38.5 Å². The zero-order valence-electron chi connectivity index (χ0n) is 63.7. The van der Waals surface area contributed by atoms with Gasteiger partial charge in [0.25, 0.3) is 0 Å². The first-order valence-corrected chi connectivity index (χ1v) is 42.4. The highest BCUT2D eigenvalue weighted by Gasteiger charge is 2.30. The molecule has 0 spiro atoms. The first-order chi connectivity index (χ1) is 49.7. The van der Waals surface area contributed by atoms with E-state index in [4.69, 9.17) is 37.0 Å². The van der Waals surface area contributed by atoms with Gasteiger partial charge >= 0.3 is 39.5 Å². The van der Waals surface area contributed by atoms with Crippen molar-refractivity contribution in [2.45, 2.75) is 329 Å². The van der Waals surface area contributed by atoms with E-state index in [1.54, 1.807) is 0 Å². The van der Waals surface area contributed by atoms with E-state index < -0.39 is 97.5 Å². The smallest absolute Gasteiger partial charge is 0.462 e. The molecule has 0 amide bonds. The average molecular weight is 1470 g/mol. The lowest BCUT2D eigenvalue weighted by atomic mass is 10.1. The van der Waals surface area contributed by atoms with E-state index >= 15 is 0 Å². The Morgan fingerprint density at radius 2 is 0.510 bits per heavy atom. The molecule has 102 heavy (non-hydrogen) atoms. The van der Waals surface area contributed by atoms with Crippen LogP contribution in [-0.2, 0) is 65.4 Å². The first kappa shape index (κ1) is 97.2. The van der Waals surface area contributed by atoms with E-state index in [1.807, 2.05) is 30.4 Å². The molecule has 0 saturated carbocycles. The van der Waals surface area contributed by atoms with E-state index in [2.05, 4.69) is 131 Å². The van der Waals surface area contributed by atoms with Crippen LogP contribution in [0.3, 0.4) is 0 Å². The summed E-state index contributed by atoms with van der Waals surface area (Å²) in [4.78, 5) is 72.9. The fraction of sp³-hybridized carbons (Fsp3) is 0.687. The van der Waals surface area contributed by atoms with E-state index in [-0.39, 0.29) is 25.7 Å². The standard InChI is InChI=1S/C83H140O17P2/c1-5-9-13-17-21-25-29-33-35-37-38-40-42-46-48-52-56-60-64-68-81(86)94-74-79(100-83(88)70-66-62-58-54-50-44-32-28-24-20-16-12-8-4)76-98-102(91,92)96-72-77(84)71-95-101(89,90)97-75-78(99-82(87)69-65-61-57-53-49-43-31-27-23-19-15-11-7-3)73-93-80(85)67-63-59-55-51-47-45-41-39-36-34-30-26-22-18-14-10-6-2/h21-22,25-28,31-36,38,40-41,45-46,48,51,55-56,60,77-79,84H,5-20,23-24,29-30,37,39,42-44,47,49-50,52-54,57-59,61-76H2,1-4H3,(H,89,90)(H,91,92)/b25-21-,26-22-,31-27-,32-28-,35-33-,36-34-,40-38-,45-41-,48-46-,55-51-,60-56-/t77-,78+,79+/m0/s1. The number of carbonyl (C=O) groups is 4. The van der Waals surface area contributed by atoms with Crippen LogP contribution in [0.25, 0.3) is 0 Å². The maximum Gasteiger partial charge on any atom is 0.472 e. The molecule has 19 heteroatoms.